The van der Waals surface area contributed by atoms with Crippen LogP contribution in [0.15, 0.2) is 84.4 Å². The van der Waals surface area contributed by atoms with E-state index in [4.69, 9.17) is 14.2 Å². The minimum atomic E-state index is -0.742. The third-order valence-electron chi connectivity index (χ3n) is 6.85. The minimum absolute atomic E-state index is 0.0649. The van der Waals surface area contributed by atoms with Crippen LogP contribution in [0.4, 0.5) is 0 Å². The molecule has 0 saturated carbocycles. The second-order valence-electron chi connectivity index (χ2n) is 9.39. The molecule has 196 valence electrons. The predicted octanol–water partition coefficient (Wildman–Crippen LogP) is 5.27. The van der Waals surface area contributed by atoms with E-state index in [0.717, 1.165) is 18.4 Å². The van der Waals surface area contributed by atoms with Gasteiger partial charge in [0.05, 0.1) is 24.3 Å². The first-order valence-corrected chi connectivity index (χ1v) is 12.9. The quantitative estimate of drug-likeness (QED) is 0.239. The standard InChI is InChI=1S/C31H31NO6/c1-2-36-24-16-12-23(13-17-24)29(33)27-28(32(31(35)30(27)34)19-26-9-6-18-37-26)22-10-14-25(15-11-22)38-20-21-7-4-3-5-8-21/h3-5,7-8,10-17,26,28,33H,2,6,9,18-20H2,1H3/b29-27-. The van der Waals surface area contributed by atoms with Crippen LogP contribution in [0, 0.1) is 0 Å². The number of Topliss-reactive ketones (excluding diaryl/α,β-unsaturated/α-hetero) is 1. The molecule has 2 fully saturated rings. The monoisotopic (exact) mass is 513 g/mol. The average Bonchev–Trinajstić information content (AvgIpc) is 3.55. The smallest absolute Gasteiger partial charge is 0.295 e. The molecule has 0 aromatic heterocycles. The van der Waals surface area contributed by atoms with E-state index in [1.54, 1.807) is 24.3 Å². The lowest BCUT2D eigenvalue weighted by Crippen LogP contribution is -2.36. The number of carbonyl (C=O) groups excluding carboxylic acids is 2. The molecule has 5 rings (SSSR count). The van der Waals surface area contributed by atoms with Gasteiger partial charge in [-0.25, -0.2) is 0 Å². The molecule has 2 aliphatic rings. The van der Waals surface area contributed by atoms with Crippen molar-refractivity contribution in [3.63, 3.8) is 0 Å². The second kappa shape index (κ2) is 11.5. The highest BCUT2D eigenvalue weighted by Gasteiger charge is 2.47. The van der Waals surface area contributed by atoms with E-state index >= 15 is 0 Å². The van der Waals surface area contributed by atoms with Gasteiger partial charge < -0.3 is 24.2 Å². The van der Waals surface area contributed by atoms with E-state index in [-0.39, 0.29) is 24.0 Å². The van der Waals surface area contributed by atoms with E-state index in [1.807, 2.05) is 61.5 Å². The molecule has 0 spiro atoms. The fraction of sp³-hybridized carbons (Fsp3) is 0.290. The molecule has 2 atom stereocenters. The Bertz CT molecular complexity index is 1290. The number of aliphatic hydroxyl groups excluding tert-OH is 1. The third-order valence-corrected chi connectivity index (χ3v) is 6.85. The highest BCUT2D eigenvalue weighted by molar-refractivity contribution is 6.46. The van der Waals surface area contributed by atoms with Crippen LogP contribution in [0.25, 0.3) is 5.76 Å². The summed E-state index contributed by atoms with van der Waals surface area (Å²) in [5, 5.41) is 11.3. The first-order valence-electron chi connectivity index (χ1n) is 12.9. The molecule has 2 heterocycles. The number of carbonyl (C=O) groups is 2. The molecular weight excluding hydrogens is 482 g/mol. The summed E-state index contributed by atoms with van der Waals surface area (Å²) in [6, 6.07) is 23.3. The van der Waals surface area contributed by atoms with Gasteiger partial charge in [-0.2, -0.15) is 0 Å². The summed E-state index contributed by atoms with van der Waals surface area (Å²) in [5.41, 5.74) is 2.27. The number of benzene rings is 3. The van der Waals surface area contributed by atoms with E-state index in [2.05, 4.69) is 0 Å². The number of hydrogen-bond acceptors (Lipinski definition) is 6. The van der Waals surface area contributed by atoms with Crippen molar-refractivity contribution in [1.29, 1.82) is 0 Å². The van der Waals surface area contributed by atoms with E-state index in [9.17, 15) is 14.7 Å². The summed E-state index contributed by atoms with van der Waals surface area (Å²) in [4.78, 5) is 28.0. The SMILES string of the molecule is CCOc1ccc(/C(O)=C2/C(=O)C(=O)N(CC3CCCO3)C2c2ccc(OCc3ccccc3)cc2)cc1. The Morgan fingerprint density at radius 3 is 2.29 bits per heavy atom. The van der Waals surface area contributed by atoms with Crippen LogP contribution in [-0.4, -0.2) is 47.6 Å². The molecule has 2 saturated heterocycles. The van der Waals surface area contributed by atoms with Gasteiger partial charge in [0.2, 0.25) is 0 Å². The lowest BCUT2D eigenvalue weighted by molar-refractivity contribution is -0.140. The van der Waals surface area contributed by atoms with Crippen molar-refractivity contribution in [3.8, 4) is 11.5 Å². The second-order valence-corrected chi connectivity index (χ2v) is 9.39. The molecule has 0 aliphatic carbocycles. The molecular formula is C31H31NO6. The Labute approximate surface area is 222 Å². The number of hydrogen-bond donors (Lipinski definition) is 1. The van der Waals surface area contributed by atoms with Gasteiger partial charge in [-0.05, 0) is 67.3 Å². The van der Waals surface area contributed by atoms with Crippen LogP contribution in [0.1, 0.15) is 42.5 Å². The summed E-state index contributed by atoms with van der Waals surface area (Å²) in [7, 11) is 0. The maximum atomic E-state index is 13.3. The molecule has 2 unspecified atom stereocenters. The minimum Gasteiger partial charge on any atom is -0.507 e. The Morgan fingerprint density at radius 1 is 0.947 bits per heavy atom. The van der Waals surface area contributed by atoms with Crippen LogP contribution >= 0.6 is 0 Å². The van der Waals surface area contributed by atoms with Crippen molar-refractivity contribution in [1.82, 2.24) is 4.90 Å². The highest BCUT2D eigenvalue weighted by Crippen LogP contribution is 2.40. The summed E-state index contributed by atoms with van der Waals surface area (Å²) < 4.78 is 17.2. The number of likely N-dealkylation sites (tertiary alicyclic amines) is 1. The van der Waals surface area contributed by atoms with Crippen molar-refractivity contribution in [3.05, 3.63) is 101 Å². The zero-order valence-corrected chi connectivity index (χ0v) is 21.3. The topological polar surface area (TPSA) is 85.3 Å². The molecule has 0 bridgehead atoms. The number of ketones is 1. The highest BCUT2D eigenvalue weighted by atomic mass is 16.5. The lowest BCUT2D eigenvalue weighted by Gasteiger charge is -2.27. The van der Waals surface area contributed by atoms with Crippen molar-refractivity contribution in [2.24, 2.45) is 0 Å². The fourth-order valence-electron chi connectivity index (χ4n) is 4.94. The first-order chi connectivity index (χ1) is 18.5. The molecule has 7 nitrogen and oxygen atoms in total. The number of nitrogens with zero attached hydrogens (tertiary/aromatic N) is 1. The molecule has 1 N–H and O–H groups in total. The van der Waals surface area contributed by atoms with Gasteiger partial charge in [0.1, 0.15) is 23.9 Å². The predicted molar refractivity (Wildman–Crippen MR) is 143 cm³/mol. The number of amides is 1. The molecule has 38 heavy (non-hydrogen) atoms. The summed E-state index contributed by atoms with van der Waals surface area (Å²) in [5.74, 6) is -0.229. The Hall–Kier alpha value is -4.10. The summed E-state index contributed by atoms with van der Waals surface area (Å²) in [6.07, 6.45) is 1.59. The fourth-order valence-corrected chi connectivity index (χ4v) is 4.94. The largest absolute Gasteiger partial charge is 0.507 e. The van der Waals surface area contributed by atoms with E-state index in [0.29, 0.717) is 42.4 Å². The number of ether oxygens (including phenoxy) is 3. The maximum absolute atomic E-state index is 13.3. The molecule has 3 aromatic carbocycles. The van der Waals surface area contributed by atoms with Gasteiger partial charge >= 0.3 is 0 Å². The number of aliphatic hydroxyl groups is 1. The van der Waals surface area contributed by atoms with Crippen molar-refractivity contribution in [2.45, 2.75) is 38.5 Å². The van der Waals surface area contributed by atoms with Gasteiger partial charge in [-0.15, -0.1) is 0 Å². The first kappa shape index (κ1) is 25.5. The zero-order chi connectivity index (χ0) is 26.5. The van der Waals surface area contributed by atoms with Crippen LogP contribution in [0.5, 0.6) is 11.5 Å². The Kier molecular flexibility index (Phi) is 7.75. The summed E-state index contributed by atoms with van der Waals surface area (Å²) in [6.45, 7) is 3.75. The van der Waals surface area contributed by atoms with Crippen LogP contribution < -0.4 is 9.47 Å². The molecule has 3 aromatic rings. The third kappa shape index (κ3) is 5.43. The average molecular weight is 514 g/mol. The number of rotatable bonds is 9. The Morgan fingerprint density at radius 2 is 1.63 bits per heavy atom. The Balaban J connectivity index is 1.47. The maximum Gasteiger partial charge on any atom is 0.295 e. The molecule has 0 radical (unpaired) electrons. The van der Waals surface area contributed by atoms with Crippen LogP contribution in [0.3, 0.4) is 0 Å². The molecule has 2 aliphatic heterocycles. The van der Waals surface area contributed by atoms with Crippen LogP contribution in [0.2, 0.25) is 0 Å². The van der Waals surface area contributed by atoms with E-state index in [1.165, 1.54) is 4.90 Å². The van der Waals surface area contributed by atoms with E-state index < -0.39 is 17.7 Å². The molecule has 1 amide bonds. The summed E-state index contributed by atoms with van der Waals surface area (Å²) >= 11 is 0. The van der Waals surface area contributed by atoms with Crippen LogP contribution in [-0.2, 0) is 20.9 Å². The van der Waals surface area contributed by atoms with Crippen molar-refractivity contribution < 1.29 is 28.9 Å². The van der Waals surface area contributed by atoms with Gasteiger partial charge in [0.25, 0.3) is 11.7 Å². The molecule has 7 heteroatoms. The van der Waals surface area contributed by atoms with Gasteiger partial charge in [0, 0.05) is 18.7 Å². The van der Waals surface area contributed by atoms with Gasteiger partial charge in [0.15, 0.2) is 0 Å². The van der Waals surface area contributed by atoms with Crippen molar-refractivity contribution >= 4 is 17.4 Å². The normalized spacial score (nSPS) is 20.6. The lowest BCUT2D eigenvalue weighted by atomic mass is 9.95. The van der Waals surface area contributed by atoms with Gasteiger partial charge in [-0.3, -0.25) is 9.59 Å². The van der Waals surface area contributed by atoms with Crippen molar-refractivity contribution in [2.75, 3.05) is 19.8 Å². The van der Waals surface area contributed by atoms with Gasteiger partial charge in [-0.1, -0.05) is 42.5 Å². The zero-order valence-electron chi connectivity index (χ0n) is 21.3.